The van der Waals surface area contributed by atoms with Crippen LogP contribution >= 0.6 is 12.4 Å². The molecule has 0 aromatic rings. The van der Waals surface area contributed by atoms with Gasteiger partial charge in [0.15, 0.2) is 0 Å². The Hall–Kier alpha value is -0.410. The van der Waals surface area contributed by atoms with E-state index in [1.54, 1.807) is 0 Å². The van der Waals surface area contributed by atoms with Gasteiger partial charge in [-0.3, -0.25) is 4.79 Å². The van der Waals surface area contributed by atoms with E-state index in [0.717, 1.165) is 32.1 Å². The van der Waals surface area contributed by atoms with Crippen LogP contribution in [0.4, 0.5) is 0 Å². The number of amides is 1. The standard InChI is InChI=1S/C17H31N3O4S.ClH/c21-17(11-13-9-14-4-5-15(10-13)20-14)18-6-8-25(22,23)19-12-16-3-1-2-7-24-16;/h13-16,19-20H,1-12H2,(H,18,21);1H. The minimum absolute atomic E-state index is 0. The Bertz CT molecular complexity index is 542. The Morgan fingerprint density at radius 1 is 1.12 bits per heavy atom. The molecule has 9 heteroatoms. The molecule has 3 unspecified atom stereocenters. The van der Waals surface area contributed by atoms with Crippen molar-refractivity contribution in [1.82, 2.24) is 15.4 Å². The number of nitrogens with one attached hydrogen (secondary N) is 3. The zero-order chi connectivity index (χ0) is 17.7. The fourth-order valence-electron chi connectivity index (χ4n) is 4.26. The van der Waals surface area contributed by atoms with Crippen molar-refractivity contribution in [2.45, 2.75) is 69.6 Å². The first-order valence-electron chi connectivity index (χ1n) is 9.62. The van der Waals surface area contributed by atoms with Gasteiger partial charge >= 0.3 is 0 Å². The molecule has 1 amide bonds. The van der Waals surface area contributed by atoms with Gasteiger partial charge < -0.3 is 15.4 Å². The van der Waals surface area contributed by atoms with Crippen LogP contribution < -0.4 is 15.4 Å². The third kappa shape index (κ3) is 6.96. The number of ether oxygens (including phenoxy) is 1. The lowest BCUT2D eigenvalue weighted by molar-refractivity contribution is -0.122. The van der Waals surface area contributed by atoms with Gasteiger partial charge in [0.1, 0.15) is 0 Å². The molecule has 0 saturated carbocycles. The molecule has 0 spiro atoms. The normalized spacial score (nSPS) is 31.2. The SMILES string of the molecule is Cl.O=C(CC1CC2CCC(C1)N2)NCCS(=O)(=O)NCC1CCCCO1. The molecule has 152 valence electrons. The maximum Gasteiger partial charge on any atom is 0.220 e. The molecule has 0 aliphatic carbocycles. The third-order valence-corrected chi connectivity index (χ3v) is 6.89. The Balaban J connectivity index is 0.00000243. The second-order valence-corrected chi connectivity index (χ2v) is 9.61. The van der Waals surface area contributed by atoms with Gasteiger partial charge in [-0.15, -0.1) is 12.4 Å². The van der Waals surface area contributed by atoms with E-state index in [4.69, 9.17) is 4.74 Å². The monoisotopic (exact) mass is 409 g/mol. The number of rotatable bonds is 8. The maximum atomic E-state index is 12.1. The summed E-state index contributed by atoms with van der Waals surface area (Å²) >= 11 is 0. The second kappa shape index (κ2) is 10.2. The topological polar surface area (TPSA) is 96.5 Å². The molecule has 0 aromatic carbocycles. The van der Waals surface area contributed by atoms with Gasteiger partial charge in [0, 0.05) is 38.2 Å². The van der Waals surface area contributed by atoms with Gasteiger partial charge in [0.05, 0.1) is 11.9 Å². The molecule has 3 aliphatic heterocycles. The number of piperidine rings is 1. The number of hydrogen-bond acceptors (Lipinski definition) is 5. The molecule has 3 rings (SSSR count). The van der Waals surface area contributed by atoms with Gasteiger partial charge in [0.25, 0.3) is 0 Å². The van der Waals surface area contributed by atoms with Gasteiger partial charge in [-0.2, -0.15) is 0 Å². The van der Waals surface area contributed by atoms with Crippen LogP contribution in [0.2, 0.25) is 0 Å². The molecule has 0 radical (unpaired) electrons. The van der Waals surface area contributed by atoms with Crippen LogP contribution in [-0.4, -0.2) is 58.0 Å². The zero-order valence-electron chi connectivity index (χ0n) is 15.2. The van der Waals surface area contributed by atoms with E-state index in [2.05, 4.69) is 15.4 Å². The van der Waals surface area contributed by atoms with Crippen LogP contribution in [0.5, 0.6) is 0 Å². The predicted molar refractivity (Wildman–Crippen MR) is 103 cm³/mol. The Labute approximate surface area is 162 Å². The summed E-state index contributed by atoms with van der Waals surface area (Å²) in [6.45, 7) is 1.20. The summed E-state index contributed by atoms with van der Waals surface area (Å²) in [5, 5.41) is 6.33. The lowest BCUT2D eigenvalue weighted by Gasteiger charge is -2.28. The van der Waals surface area contributed by atoms with Crippen molar-refractivity contribution in [3.8, 4) is 0 Å². The van der Waals surface area contributed by atoms with Gasteiger partial charge in [-0.25, -0.2) is 13.1 Å². The average molecular weight is 410 g/mol. The summed E-state index contributed by atoms with van der Waals surface area (Å²) in [5.41, 5.74) is 0. The van der Waals surface area contributed by atoms with Crippen molar-refractivity contribution in [2.75, 3.05) is 25.4 Å². The van der Waals surface area contributed by atoms with Crippen LogP contribution in [0.15, 0.2) is 0 Å². The summed E-state index contributed by atoms with van der Waals surface area (Å²) in [5.74, 6) is 0.317. The van der Waals surface area contributed by atoms with Crippen molar-refractivity contribution < 1.29 is 17.9 Å². The molecule has 26 heavy (non-hydrogen) atoms. The highest BCUT2D eigenvalue weighted by molar-refractivity contribution is 7.89. The number of hydrogen-bond donors (Lipinski definition) is 3. The molecule has 3 atom stereocenters. The average Bonchev–Trinajstić information content (AvgIpc) is 2.92. The van der Waals surface area contributed by atoms with Crippen LogP contribution in [-0.2, 0) is 19.6 Å². The van der Waals surface area contributed by atoms with Gasteiger partial charge in [-0.05, 0) is 50.9 Å². The lowest BCUT2D eigenvalue weighted by atomic mass is 9.89. The lowest BCUT2D eigenvalue weighted by Crippen LogP contribution is -2.41. The van der Waals surface area contributed by atoms with Crippen LogP contribution in [0, 0.1) is 5.92 Å². The van der Waals surface area contributed by atoms with Crippen molar-refractivity contribution in [2.24, 2.45) is 5.92 Å². The molecule has 3 heterocycles. The molecule has 3 saturated heterocycles. The highest BCUT2D eigenvalue weighted by atomic mass is 35.5. The molecular formula is C17H32ClN3O4S. The fourth-order valence-corrected chi connectivity index (χ4v) is 5.22. The highest BCUT2D eigenvalue weighted by Gasteiger charge is 2.34. The smallest absolute Gasteiger partial charge is 0.220 e. The molecule has 3 fully saturated rings. The van der Waals surface area contributed by atoms with Crippen molar-refractivity contribution in [3.63, 3.8) is 0 Å². The van der Waals surface area contributed by atoms with Crippen LogP contribution in [0.1, 0.15) is 51.4 Å². The van der Waals surface area contributed by atoms with E-state index in [0.29, 0.717) is 37.6 Å². The Morgan fingerprint density at radius 2 is 1.85 bits per heavy atom. The first-order valence-corrected chi connectivity index (χ1v) is 11.3. The van der Waals surface area contributed by atoms with Gasteiger partial charge in [-0.1, -0.05) is 0 Å². The van der Waals surface area contributed by atoms with E-state index in [-0.39, 0.29) is 36.7 Å². The number of sulfonamides is 1. The van der Waals surface area contributed by atoms with E-state index in [1.807, 2.05) is 0 Å². The summed E-state index contributed by atoms with van der Waals surface area (Å²) < 4.78 is 32.1. The Morgan fingerprint density at radius 3 is 2.50 bits per heavy atom. The third-order valence-electron chi connectivity index (χ3n) is 5.54. The minimum atomic E-state index is -3.37. The zero-order valence-corrected chi connectivity index (χ0v) is 16.9. The van der Waals surface area contributed by atoms with E-state index < -0.39 is 10.0 Å². The minimum Gasteiger partial charge on any atom is -0.377 e. The van der Waals surface area contributed by atoms with E-state index in [1.165, 1.54) is 12.8 Å². The summed E-state index contributed by atoms with van der Waals surface area (Å²) in [6, 6.07) is 1.14. The predicted octanol–water partition coefficient (Wildman–Crippen LogP) is 0.934. The summed E-state index contributed by atoms with van der Waals surface area (Å²) in [7, 11) is -3.37. The van der Waals surface area contributed by atoms with E-state index in [9.17, 15) is 13.2 Å². The number of carbonyl (C=O) groups is 1. The Kier molecular flexibility index (Phi) is 8.60. The molecule has 3 aliphatic rings. The van der Waals surface area contributed by atoms with E-state index >= 15 is 0 Å². The number of fused-ring (bicyclic) bond motifs is 2. The van der Waals surface area contributed by atoms with Crippen molar-refractivity contribution in [1.29, 1.82) is 0 Å². The van der Waals surface area contributed by atoms with Crippen LogP contribution in [0.25, 0.3) is 0 Å². The molecule has 2 bridgehead atoms. The molecule has 7 nitrogen and oxygen atoms in total. The first kappa shape index (κ1) is 21.9. The van der Waals surface area contributed by atoms with Crippen molar-refractivity contribution in [3.05, 3.63) is 0 Å². The maximum absolute atomic E-state index is 12.1. The number of halogens is 1. The highest BCUT2D eigenvalue weighted by Crippen LogP contribution is 2.32. The number of carbonyl (C=O) groups excluding carboxylic acids is 1. The fraction of sp³-hybridized carbons (Fsp3) is 0.941. The quantitative estimate of drug-likeness (QED) is 0.554. The summed E-state index contributed by atoms with van der Waals surface area (Å²) in [4.78, 5) is 12.1. The molecule has 0 aromatic heterocycles. The second-order valence-electron chi connectivity index (χ2n) is 7.69. The largest absolute Gasteiger partial charge is 0.377 e. The molecule has 3 N–H and O–H groups in total. The van der Waals surface area contributed by atoms with Gasteiger partial charge in [0.2, 0.25) is 15.9 Å². The first-order chi connectivity index (χ1) is 12.0. The van der Waals surface area contributed by atoms with Crippen LogP contribution in [0.3, 0.4) is 0 Å². The summed E-state index contributed by atoms with van der Waals surface area (Å²) in [6.07, 6.45) is 8.09. The molecular weight excluding hydrogens is 378 g/mol. The van der Waals surface area contributed by atoms with Crippen molar-refractivity contribution >= 4 is 28.3 Å².